The zero-order valence-electron chi connectivity index (χ0n) is 10.0. The molecule has 2 atom stereocenters. The maximum atomic E-state index is 11.7. The van der Waals surface area contributed by atoms with Gasteiger partial charge in [-0.3, -0.25) is 4.79 Å². The van der Waals surface area contributed by atoms with Gasteiger partial charge >= 0.3 is 12.0 Å². The van der Waals surface area contributed by atoms with Gasteiger partial charge in [0.2, 0.25) is 5.91 Å². The van der Waals surface area contributed by atoms with E-state index in [4.69, 9.17) is 5.11 Å². The predicted molar refractivity (Wildman–Crippen MR) is 60.8 cm³/mol. The first-order valence-electron chi connectivity index (χ1n) is 5.61. The summed E-state index contributed by atoms with van der Waals surface area (Å²) in [7, 11) is 1.49. The van der Waals surface area contributed by atoms with E-state index in [1.807, 2.05) is 0 Å². The van der Waals surface area contributed by atoms with Gasteiger partial charge in [0, 0.05) is 33.0 Å². The molecule has 8 nitrogen and oxygen atoms in total. The number of hydrogen-bond acceptors (Lipinski definition) is 4. The Bertz CT molecular complexity index is 346. The van der Waals surface area contributed by atoms with Gasteiger partial charge in [-0.15, -0.1) is 0 Å². The van der Waals surface area contributed by atoms with Gasteiger partial charge in [0.05, 0.1) is 6.10 Å². The summed E-state index contributed by atoms with van der Waals surface area (Å²) in [5, 5.41) is 23.1. The number of hydrogen-bond donors (Lipinski definition) is 4. The standard InChI is InChI=1S/C10H17N3O5/c1-11-8(15)2-3-12-10(18)13-5-6(14)4-7(13)9(16)17/h6-7,14H,2-5H2,1H3,(H,11,15)(H,12,18)(H,16,17)/t6-,7-/m0/s1. The van der Waals surface area contributed by atoms with Crippen LogP contribution in [-0.4, -0.2) is 65.3 Å². The third-order valence-electron chi connectivity index (χ3n) is 2.73. The van der Waals surface area contributed by atoms with E-state index in [0.717, 1.165) is 4.90 Å². The molecule has 0 radical (unpaired) electrons. The minimum absolute atomic E-state index is 0.0111. The highest BCUT2D eigenvalue weighted by atomic mass is 16.4. The third-order valence-corrected chi connectivity index (χ3v) is 2.73. The summed E-state index contributed by atoms with van der Waals surface area (Å²) in [6.45, 7) is 0.111. The lowest BCUT2D eigenvalue weighted by molar-refractivity contribution is -0.141. The molecule has 0 unspecified atom stereocenters. The Kier molecular flexibility index (Phi) is 4.90. The van der Waals surface area contributed by atoms with Crippen LogP contribution >= 0.6 is 0 Å². The molecule has 1 saturated heterocycles. The highest BCUT2D eigenvalue weighted by Crippen LogP contribution is 2.17. The molecule has 3 amide bonds. The van der Waals surface area contributed by atoms with E-state index in [1.54, 1.807) is 0 Å². The summed E-state index contributed by atoms with van der Waals surface area (Å²) in [5.41, 5.74) is 0. The van der Waals surface area contributed by atoms with E-state index >= 15 is 0 Å². The molecule has 1 aliphatic rings. The highest BCUT2D eigenvalue weighted by Gasteiger charge is 2.38. The average molecular weight is 259 g/mol. The quantitative estimate of drug-likeness (QED) is 0.482. The van der Waals surface area contributed by atoms with E-state index in [-0.39, 0.29) is 31.8 Å². The predicted octanol–water partition coefficient (Wildman–Crippen LogP) is -1.65. The number of urea groups is 1. The molecule has 4 N–H and O–H groups in total. The number of likely N-dealkylation sites (tertiary alicyclic amines) is 1. The second kappa shape index (κ2) is 6.20. The van der Waals surface area contributed by atoms with Crippen molar-refractivity contribution in [3.8, 4) is 0 Å². The first-order chi connectivity index (χ1) is 8.45. The van der Waals surface area contributed by atoms with E-state index in [0.29, 0.717) is 0 Å². The van der Waals surface area contributed by atoms with Crippen LogP contribution in [0.15, 0.2) is 0 Å². The second-order valence-electron chi connectivity index (χ2n) is 4.05. The number of amides is 3. The van der Waals surface area contributed by atoms with Gasteiger partial charge in [-0.1, -0.05) is 0 Å². The molecule has 0 aromatic rings. The molecule has 1 fully saturated rings. The summed E-state index contributed by atoms with van der Waals surface area (Å²) in [5.74, 6) is -1.36. The van der Waals surface area contributed by atoms with Crippen molar-refractivity contribution in [2.45, 2.75) is 25.0 Å². The van der Waals surface area contributed by atoms with Crippen molar-refractivity contribution >= 4 is 17.9 Å². The Hall–Kier alpha value is -1.83. The maximum absolute atomic E-state index is 11.7. The van der Waals surface area contributed by atoms with Crippen molar-refractivity contribution in [2.24, 2.45) is 0 Å². The number of aliphatic hydroxyl groups excluding tert-OH is 1. The molecule has 1 rings (SSSR count). The van der Waals surface area contributed by atoms with Crippen molar-refractivity contribution in [1.82, 2.24) is 15.5 Å². The van der Waals surface area contributed by atoms with Crippen LogP contribution in [0.4, 0.5) is 4.79 Å². The largest absolute Gasteiger partial charge is 0.480 e. The SMILES string of the molecule is CNC(=O)CCNC(=O)N1C[C@@H](O)C[C@H]1C(=O)O. The van der Waals surface area contributed by atoms with Crippen molar-refractivity contribution in [3.63, 3.8) is 0 Å². The lowest BCUT2D eigenvalue weighted by atomic mass is 10.2. The third kappa shape index (κ3) is 3.59. The Labute approximate surface area is 104 Å². The number of nitrogens with one attached hydrogen (secondary N) is 2. The lowest BCUT2D eigenvalue weighted by Gasteiger charge is -2.21. The molecular weight excluding hydrogens is 242 g/mol. The van der Waals surface area contributed by atoms with E-state index in [1.165, 1.54) is 7.05 Å². The monoisotopic (exact) mass is 259 g/mol. The number of carbonyl (C=O) groups excluding carboxylic acids is 2. The van der Waals surface area contributed by atoms with Gasteiger partial charge in [-0.25, -0.2) is 9.59 Å². The summed E-state index contributed by atoms with van der Waals surface area (Å²) in [6.07, 6.45) is -0.676. The number of β-amino-alcohol motifs (C(OH)–C–C–N with tert-alkyl or cyclic N) is 1. The Morgan fingerprint density at radius 2 is 2.06 bits per heavy atom. The molecule has 0 aromatic heterocycles. The molecule has 1 heterocycles. The molecule has 102 valence electrons. The molecule has 0 spiro atoms. The molecule has 0 saturated carbocycles. The maximum Gasteiger partial charge on any atom is 0.326 e. The number of rotatable bonds is 4. The summed E-state index contributed by atoms with van der Waals surface area (Å²) in [4.78, 5) is 34.6. The smallest absolute Gasteiger partial charge is 0.326 e. The summed E-state index contributed by atoms with van der Waals surface area (Å²) < 4.78 is 0. The first-order valence-corrected chi connectivity index (χ1v) is 5.61. The van der Waals surface area contributed by atoms with Crippen LogP contribution in [0.25, 0.3) is 0 Å². The second-order valence-corrected chi connectivity index (χ2v) is 4.05. The van der Waals surface area contributed by atoms with Crippen molar-refractivity contribution in [2.75, 3.05) is 20.1 Å². The Morgan fingerprint density at radius 1 is 1.39 bits per heavy atom. The van der Waals surface area contributed by atoms with Gasteiger partial charge in [-0.05, 0) is 0 Å². The fourth-order valence-corrected chi connectivity index (χ4v) is 1.78. The van der Waals surface area contributed by atoms with Crippen molar-refractivity contribution in [1.29, 1.82) is 0 Å². The van der Waals surface area contributed by atoms with Crippen LogP contribution in [-0.2, 0) is 9.59 Å². The zero-order valence-corrected chi connectivity index (χ0v) is 10.0. The molecule has 0 aliphatic carbocycles. The van der Waals surface area contributed by atoms with Crippen LogP contribution in [0.2, 0.25) is 0 Å². The summed E-state index contributed by atoms with van der Waals surface area (Å²) in [6, 6.07) is -1.59. The van der Waals surface area contributed by atoms with Crippen molar-refractivity contribution < 1.29 is 24.6 Å². The normalized spacial score (nSPS) is 22.7. The van der Waals surface area contributed by atoms with Gasteiger partial charge in [0.15, 0.2) is 0 Å². The highest BCUT2D eigenvalue weighted by molar-refractivity contribution is 5.84. The van der Waals surface area contributed by atoms with Crippen molar-refractivity contribution in [3.05, 3.63) is 0 Å². The molecule has 18 heavy (non-hydrogen) atoms. The molecule has 1 aliphatic heterocycles. The van der Waals surface area contributed by atoms with Crippen LogP contribution < -0.4 is 10.6 Å². The summed E-state index contributed by atoms with van der Waals surface area (Å²) >= 11 is 0. The average Bonchev–Trinajstić information content (AvgIpc) is 2.71. The number of carboxylic acid groups (broad SMARTS) is 1. The number of nitrogens with zero attached hydrogens (tertiary/aromatic N) is 1. The number of carbonyl (C=O) groups is 3. The van der Waals surface area contributed by atoms with Gasteiger partial charge in [0.25, 0.3) is 0 Å². The van der Waals surface area contributed by atoms with Gasteiger partial charge in [-0.2, -0.15) is 0 Å². The van der Waals surface area contributed by atoms with Crippen LogP contribution in [0, 0.1) is 0 Å². The van der Waals surface area contributed by atoms with E-state index < -0.39 is 24.1 Å². The number of carboxylic acids is 1. The fourth-order valence-electron chi connectivity index (χ4n) is 1.78. The van der Waals surface area contributed by atoms with E-state index in [2.05, 4.69) is 10.6 Å². The van der Waals surface area contributed by atoms with Crippen LogP contribution in [0.5, 0.6) is 0 Å². The fraction of sp³-hybridized carbons (Fsp3) is 0.700. The molecular formula is C10H17N3O5. The molecule has 0 aromatic carbocycles. The van der Waals surface area contributed by atoms with Gasteiger partial charge < -0.3 is 25.7 Å². The number of aliphatic hydroxyl groups is 1. The number of aliphatic carboxylic acids is 1. The molecule has 0 bridgehead atoms. The topological polar surface area (TPSA) is 119 Å². The molecule has 8 heteroatoms. The van der Waals surface area contributed by atoms with Crippen LogP contribution in [0.3, 0.4) is 0 Å². The Balaban J connectivity index is 2.45. The van der Waals surface area contributed by atoms with E-state index in [9.17, 15) is 19.5 Å². The van der Waals surface area contributed by atoms with Gasteiger partial charge in [0.1, 0.15) is 6.04 Å². The minimum atomic E-state index is -1.15. The Morgan fingerprint density at radius 3 is 2.61 bits per heavy atom. The minimum Gasteiger partial charge on any atom is -0.480 e. The lowest BCUT2D eigenvalue weighted by Crippen LogP contribution is -2.46. The zero-order chi connectivity index (χ0) is 13.7. The first kappa shape index (κ1) is 14.2. The van der Waals surface area contributed by atoms with Crippen LogP contribution in [0.1, 0.15) is 12.8 Å².